The molecule has 2 aromatic carbocycles. The number of hydrogen-bond donors (Lipinski definition) is 3. The molecule has 5 heteroatoms. The first-order valence-electron chi connectivity index (χ1n) is 7.04. The first-order valence-corrected chi connectivity index (χ1v) is 7.04. The molecule has 3 aromatic rings. The number of nitrogens with two attached hydrogens (primary N) is 1. The van der Waals surface area contributed by atoms with Crippen LogP contribution in [0.25, 0.3) is 22.0 Å². The van der Waals surface area contributed by atoms with E-state index in [9.17, 15) is 0 Å². The first-order chi connectivity index (χ1) is 10.5. The molecule has 0 aliphatic rings. The summed E-state index contributed by atoms with van der Waals surface area (Å²) >= 11 is 0. The van der Waals surface area contributed by atoms with Gasteiger partial charge < -0.3 is 10.9 Å². The van der Waals surface area contributed by atoms with Gasteiger partial charge in [0.15, 0.2) is 0 Å². The van der Waals surface area contributed by atoms with Gasteiger partial charge in [0, 0.05) is 10.9 Å². The Morgan fingerprint density at radius 1 is 1.14 bits per heavy atom. The fraction of sp³-hybridized carbons (Fsp3) is 0.176. The molecule has 0 amide bonds. The second-order valence-corrected chi connectivity index (χ2v) is 5.91. The first kappa shape index (κ1) is 14.3. The lowest BCUT2D eigenvalue weighted by Crippen LogP contribution is -2.28. The molecule has 0 aliphatic heterocycles. The minimum Gasteiger partial charge on any atom is -0.411 e. The summed E-state index contributed by atoms with van der Waals surface area (Å²) in [6.45, 7) is 3.97. The lowest BCUT2D eigenvalue weighted by atomic mass is 9.93. The van der Waals surface area contributed by atoms with Gasteiger partial charge in [-0.1, -0.05) is 35.5 Å². The topological polar surface area (TPSA) is 87.3 Å². The standard InChI is InChI=1S/C17H18N4O/c1-17(2,18)13-6-3-11(4-7-13)12-5-8-15-14(9-12)16(10-19-22)21-20-15/h3-10,22H,18H2,1-2H3,(H,20,21)/b19-10+. The number of oxime groups is 1. The summed E-state index contributed by atoms with van der Waals surface area (Å²) in [6.07, 6.45) is 1.32. The number of H-pyrrole nitrogens is 1. The van der Waals surface area contributed by atoms with Crippen molar-refractivity contribution in [2.24, 2.45) is 10.9 Å². The van der Waals surface area contributed by atoms with Gasteiger partial charge in [0.2, 0.25) is 0 Å². The van der Waals surface area contributed by atoms with Gasteiger partial charge in [-0.15, -0.1) is 0 Å². The summed E-state index contributed by atoms with van der Waals surface area (Å²) in [6, 6.07) is 14.2. The van der Waals surface area contributed by atoms with Gasteiger partial charge in [-0.3, -0.25) is 5.10 Å². The van der Waals surface area contributed by atoms with Crippen LogP contribution in [0.15, 0.2) is 47.6 Å². The Labute approximate surface area is 128 Å². The molecular weight excluding hydrogens is 276 g/mol. The van der Waals surface area contributed by atoms with Gasteiger partial charge in [0.1, 0.15) is 5.69 Å². The third-order valence-electron chi connectivity index (χ3n) is 3.73. The third kappa shape index (κ3) is 2.58. The van der Waals surface area contributed by atoms with Gasteiger partial charge in [-0.2, -0.15) is 5.10 Å². The minimum atomic E-state index is -0.349. The largest absolute Gasteiger partial charge is 0.411 e. The highest BCUT2D eigenvalue weighted by Crippen LogP contribution is 2.27. The molecule has 0 spiro atoms. The Morgan fingerprint density at radius 2 is 1.82 bits per heavy atom. The van der Waals surface area contributed by atoms with Crippen LogP contribution in [-0.4, -0.2) is 21.6 Å². The quantitative estimate of drug-likeness (QED) is 0.394. The molecule has 0 radical (unpaired) electrons. The number of nitrogens with zero attached hydrogens (tertiary/aromatic N) is 2. The summed E-state index contributed by atoms with van der Waals surface area (Å²) in [5.41, 5.74) is 10.5. The molecule has 0 fully saturated rings. The van der Waals surface area contributed by atoms with Crippen LogP contribution in [-0.2, 0) is 5.54 Å². The number of aromatic nitrogens is 2. The van der Waals surface area contributed by atoms with Crippen LogP contribution in [0, 0.1) is 0 Å². The number of hydrogen-bond acceptors (Lipinski definition) is 4. The van der Waals surface area contributed by atoms with Gasteiger partial charge >= 0.3 is 0 Å². The van der Waals surface area contributed by atoms with Gasteiger partial charge in [-0.25, -0.2) is 0 Å². The van der Waals surface area contributed by atoms with E-state index in [0.717, 1.165) is 27.6 Å². The van der Waals surface area contributed by atoms with Crippen LogP contribution < -0.4 is 5.73 Å². The van der Waals surface area contributed by atoms with E-state index < -0.39 is 0 Å². The number of aromatic amines is 1. The smallest absolute Gasteiger partial charge is 0.114 e. The van der Waals surface area contributed by atoms with Crippen molar-refractivity contribution >= 4 is 17.1 Å². The Kier molecular flexibility index (Phi) is 3.42. The Balaban J connectivity index is 2.04. The number of rotatable bonds is 3. The van der Waals surface area contributed by atoms with Crippen molar-refractivity contribution < 1.29 is 5.21 Å². The van der Waals surface area contributed by atoms with E-state index in [1.54, 1.807) is 0 Å². The van der Waals surface area contributed by atoms with Crippen molar-refractivity contribution in [1.29, 1.82) is 0 Å². The van der Waals surface area contributed by atoms with Crippen LogP contribution >= 0.6 is 0 Å². The van der Waals surface area contributed by atoms with E-state index in [1.165, 1.54) is 6.21 Å². The highest BCUT2D eigenvalue weighted by Gasteiger charge is 2.13. The highest BCUT2D eigenvalue weighted by molar-refractivity contribution is 5.98. The van der Waals surface area contributed by atoms with E-state index >= 15 is 0 Å². The molecule has 4 N–H and O–H groups in total. The maximum atomic E-state index is 8.69. The highest BCUT2D eigenvalue weighted by atomic mass is 16.4. The molecule has 1 aromatic heterocycles. The van der Waals surface area contributed by atoms with E-state index in [-0.39, 0.29) is 5.54 Å². The molecule has 0 aliphatic carbocycles. The average molecular weight is 294 g/mol. The molecule has 0 unspecified atom stereocenters. The zero-order chi connectivity index (χ0) is 15.7. The zero-order valence-corrected chi connectivity index (χ0v) is 12.5. The van der Waals surface area contributed by atoms with Crippen molar-refractivity contribution in [2.75, 3.05) is 0 Å². The second-order valence-electron chi connectivity index (χ2n) is 5.91. The lowest BCUT2D eigenvalue weighted by molar-refractivity contribution is 0.321. The predicted octanol–water partition coefficient (Wildman–Crippen LogP) is 3.23. The van der Waals surface area contributed by atoms with Gasteiger partial charge in [0.05, 0.1) is 11.7 Å². The Hall–Kier alpha value is -2.66. The average Bonchev–Trinajstić information content (AvgIpc) is 2.89. The summed E-state index contributed by atoms with van der Waals surface area (Å²) in [5.74, 6) is 0. The Morgan fingerprint density at radius 3 is 2.45 bits per heavy atom. The van der Waals surface area contributed by atoms with E-state index in [4.69, 9.17) is 10.9 Å². The number of benzene rings is 2. The maximum absolute atomic E-state index is 8.69. The Bertz CT molecular complexity index is 826. The number of nitrogens with one attached hydrogen (secondary N) is 1. The fourth-order valence-corrected chi connectivity index (χ4v) is 2.46. The summed E-state index contributed by atoms with van der Waals surface area (Å²) in [7, 11) is 0. The summed E-state index contributed by atoms with van der Waals surface area (Å²) < 4.78 is 0. The fourth-order valence-electron chi connectivity index (χ4n) is 2.46. The monoisotopic (exact) mass is 294 g/mol. The lowest BCUT2D eigenvalue weighted by Gasteiger charge is -2.19. The molecule has 3 rings (SSSR count). The molecule has 0 atom stereocenters. The molecule has 1 heterocycles. The van der Waals surface area contributed by atoms with Crippen LogP contribution in [0.1, 0.15) is 25.1 Å². The molecule has 22 heavy (non-hydrogen) atoms. The third-order valence-corrected chi connectivity index (χ3v) is 3.73. The molecular formula is C17H18N4O. The van der Waals surface area contributed by atoms with Crippen LogP contribution in [0.4, 0.5) is 0 Å². The van der Waals surface area contributed by atoms with Crippen LogP contribution in [0.5, 0.6) is 0 Å². The normalized spacial score (nSPS) is 12.3. The van der Waals surface area contributed by atoms with E-state index in [1.807, 2.05) is 44.2 Å². The number of fused-ring (bicyclic) bond motifs is 1. The van der Waals surface area contributed by atoms with E-state index in [2.05, 4.69) is 27.5 Å². The van der Waals surface area contributed by atoms with Crippen molar-refractivity contribution in [2.45, 2.75) is 19.4 Å². The summed E-state index contributed by atoms with van der Waals surface area (Å²) in [5, 5.41) is 19.7. The molecule has 0 saturated heterocycles. The van der Waals surface area contributed by atoms with Crippen molar-refractivity contribution in [3.8, 4) is 11.1 Å². The van der Waals surface area contributed by atoms with Crippen LogP contribution in [0.2, 0.25) is 0 Å². The predicted molar refractivity (Wildman–Crippen MR) is 88.1 cm³/mol. The molecule has 0 bridgehead atoms. The molecule has 5 nitrogen and oxygen atoms in total. The van der Waals surface area contributed by atoms with Gasteiger partial charge in [0.25, 0.3) is 0 Å². The SMILES string of the molecule is CC(C)(N)c1ccc(-c2ccc3[nH]nc(/C=N/O)c3c2)cc1. The van der Waals surface area contributed by atoms with Crippen molar-refractivity contribution in [1.82, 2.24) is 10.2 Å². The minimum absolute atomic E-state index is 0.349. The van der Waals surface area contributed by atoms with Crippen molar-refractivity contribution in [3.05, 3.63) is 53.7 Å². The van der Waals surface area contributed by atoms with Crippen LogP contribution in [0.3, 0.4) is 0 Å². The molecule has 0 saturated carbocycles. The van der Waals surface area contributed by atoms with E-state index in [0.29, 0.717) is 5.69 Å². The second kappa shape index (κ2) is 5.27. The maximum Gasteiger partial charge on any atom is 0.114 e. The summed E-state index contributed by atoms with van der Waals surface area (Å²) in [4.78, 5) is 0. The molecule has 112 valence electrons. The zero-order valence-electron chi connectivity index (χ0n) is 12.5. The van der Waals surface area contributed by atoms with Gasteiger partial charge in [-0.05, 0) is 42.7 Å². The van der Waals surface area contributed by atoms with Crippen molar-refractivity contribution in [3.63, 3.8) is 0 Å².